The number of hydrogen-bond acceptors (Lipinski definition) is 9. The Labute approximate surface area is 178 Å². The Kier molecular flexibility index (Phi) is 5.10. The third-order valence-electron chi connectivity index (χ3n) is 4.41. The molecule has 11 nitrogen and oxygen atoms in total. The van der Waals surface area contributed by atoms with Gasteiger partial charge in [0.1, 0.15) is 29.1 Å². The highest BCUT2D eigenvalue weighted by molar-refractivity contribution is 6.35. The zero-order chi connectivity index (χ0) is 22.1. The van der Waals surface area contributed by atoms with E-state index in [1.54, 1.807) is 0 Å². The number of H-pyrrole nitrogens is 1. The molecule has 13 heteroatoms. The van der Waals surface area contributed by atoms with Crippen molar-refractivity contribution in [3.63, 3.8) is 0 Å². The normalized spacial score (nSPS) is 10.9. The second-order valence-electron chi connectivity index (χ2n) is 6.39. The smallest absolute Gasteiger partial charge is 0.266 e. The molecule has 0 amide bonds. The van der Waals surface area contributed by atoms with Crippen molar-refractivity contribution in [1.29, 1.82) is 5.26 Å². The van der Waals surface area contributed by atoms with Crippen LogP contribution in [0, 0.1) is 17.1 Å². The van der Waals surface area contributed by atoms with Crippen LogP contribution in [0.3, 0.4) is 0 Å². The highest BCUT2D eigenvalue weighted by Crippen LogP contribution is 2.23. The maximum atomic E-state index is 13.8. The summed E-state index contributed by atoms with van der Waals surface area (Å²) in [5.74, 6) is -0.302. The van der Waals surface area contributed by atoms with E-state index in [1.165, 1.54) is 17.0 Å². The van der Waals surface area contributed by atoms with Gasteiger partial charge in [0.2, 0.25) is 5.95 Å². The molecule has 1 aromatic carbocycles. The highest BCUT2D eigenvalue weighted by Gasteiger charge is 2.17. The van der Waals surface area contributed by atoms with Gasteiger partial charge >= 0.3 is 0 Å². The number of nitrogens with two attached hydrogens (primary N) is 2. The topological polar surface area (TPSA) is 177 Å². The minimum Gasteiger partial charge on any atom is -0.382 e. The first-order valence-corrected chi connectivity index (χ1v) is 9.23. The van der Waals surface area contributed by atoms with Crippen molar-refractivity contribution >= 4 is 40.1 Å². The monoisotopic (exact) mass is 440 g/mol. The molecular weight excluding hydrogens is 427 g/mol. The van der Waals surface area contributed by atoms with E-state index in [9.17, 15) is 14.4 Å². The highest BCUT2D eigenvalue weighted by atomic mass is 35.5. The van der Waals surface area contributed by atoms with Crippen molar-refractivity contribution in [3.8, 4) is 11.8 Å². The van der Waals surface area contributed by atoms with E-state index in [2.05, 4.69) is 30.5 Å². The van der Waals surface area contributed by atoms with Gasteiger partial charge in [0.05, 0.1) is 27.8 Å². The predicted octanol–water partition coefficient (Wildman–Crippen LogP) is 1.38. The molecular formula is C18H14ClFN10O. The lowest BCUT2D eigenvalue weighted by atomic mass is 10.2. The fraction of sp³-hybridized carbons (Fsp3) is 0.111. The Morgan fingerprint density at radius 3 is 2.81 bits per heavy atom. The van der Waals surface area contributed by atoms with Crippen LogP contribution < -0.4 is 22.3 Å². The van der Waals surface area contributed by atoms with Crippen LogP contribution in [0.15, 0.2) is 29.3 Å². The summed E-state index contributed by atoms with van der Waals surface area (Å²) in [6.45, 7) is 0.208. The Morgan fingerprint density at radius 1 is 1.29 bits per heavy atom. The molecule has 0 saturated heterocycles. The second kappa shape index (κ2) is 7.88. The molecule has 0 aliphatic carbocycles. The molecule has 0 aliphatic rings. The van der Waals surface area contributed by atoms with Gasteiger partial charge in [-0.2, -0.15) is 20.3 Å². The number of nitriles is 1. The van der Waals surface area contributed by atoms with Gasteiger partial charge in [0.25, 0.3) is 5.56 Å². The van der Waals surface area contributed by atoms with Gasteiger partial charge in [-0.05, 0) is 12.1 Å². The van der Waals surface area contributed by atoms with Gasteiger partial charge < -0.3 is 16.8 Å². The summed E-state index contributed by atoms with van der Waals surface area (Å²) in [6.07, 6.45) is 3.15. The van der Waals surface area contributed by atoms with Crippen LogP contribution in [0.25, 0.3) is 16.6 Å². The van der Waals surface area contributed by atoms with E-state index < -0.39 is 11.4 Å². The van der Waals surface area contributed by atoms with Crippen LogP contribution in [0.5, 0.6) is 0 Å². The van der Waals surface area contributed by atoms with E-state index in [1.807, 2.05) is 6.07 Å². The van der Waals surface area contributed by atoms with Crippen molar-refractivity contribution in [2.75, 3.05) is 23.3 Å². The SMILES string of the molecule is N#Cc1c(N)nc(N)nc1NCCc1nc2c(Cl)cc(F)cc2c(=O)n1-c1cn[nH]c1. The molecule has 0 unspecified atom stereocenters. The molecule has 4 aromatic rings. The van der Waals surface area contributed by atoms with Gasteiger partial charge in [-0.3, -0.25) is 14.5 Å². The lowest BCUT2D eigenvalue weighted by Gasteiger charge is -2.14. The number of nitrogens with one attached hydrogen (secondary N) is 2. The van der Waals surface area contributed by atoms with Gasteiger partial charge in [-0.15, -0.1) is 0 Å². The van der Waals surface area contributed by atoms with Crippen LogP contribution in [-0.2, 0) is 6.42 Å². The zero-order valence-electron chi connectivity index (χ0n) is 15.7. The van der Waals surface area contributed by atoms with E-state index in [-0.39, 0.29) is 52.0 Å². The Morgan fingerprint density at radius 2 is 2.10 bits per heavy atom. The summed E-state index contributed by atoms with van der Waals surface area (Å²) in [5, 5.41) is 18.8. The number of nitrogens with zero attached hydrogens (tertiary/aromatic N) is 6. The third-order valence-corrected chi connectivity index (χ3v) is 4.70. The molecule has 0 aliphatic heterocycles. The molecule has 0 bridgehead atoms. The number of fused-ring (bicyclic) bond motifs is 1. The van der Waals surface area contributed by atoms with E-state index in [4.69, 9.17) is 23.1 Å². The summed E-state index contributed by atoms with van der Waals surface area (Å²) in [7, 11) is 0. The third kappa shape index (κ3) is 3.69. The first kappa shape index (κ1) is 20.0. The number of benzene rings is 1. The lowest BCUT2D eigenvalue weighted by Crippen LogP contribution is -2.25. The van der Waals surface area contributed by atoms with Gasteiger partial charge in [0.15, 0.2) is 5.82 Å². The number of hydrogen-bond donors (Lipinski definition) is 4. The molecule has 3 aromatic heterocycles. The van der Waals surface area contributed by atoms with Crippen LogP contribution in [-0.4, -0.2) is 36.3 Å². The van der Waals surface area contributed by atoms with E-state index >= 15 is 0 Å². The van der Waals surface area contributed by atoms with Gasteiger partial charge in [-0.25, -0.2) is 9.37 Å². The lowest BCUT2D eigenvalue weighted by molar-refractivity contribution is 0.629. The van der Waals surface area contributed by atoms with Gasteiger partial charge in [0, 0.05) is 19.2 Å². The standard InChI is InChI=1S/C18H14ClFN10O/c19-12-4-8(20)3-10-14(12)27-13(30(17(10)31)9-6-25-26-7-9)1-2-24-16-11(5-21)15(22)28-18(23)29-16/h3-4,6-7H,1-2H2,(H,25,26)(H5,22,23,24,28,29). The van der Waals surface area contributed by atoms with Crippen LogP contribution in [0.4, 0.5) is 22.0 Å². The Balaban J connectivity index is 1.75. The molecule has 6 N–H and O–H groups in total. The Bertz CT molecular complexity index is 1390. The fourth-order valence-corrected chi connectivity index (χ4v) is 3.33. The van der Waals surface area contributed by atoms with Crippen molar-refractivity contribution in [3.05, 3.63) is 57.1 Å². The molecule has 0 atom stereocenters. The quantitative estimate of drug-likeness (QED) is 0.356. The van der Waals surface area contributed by atoms with Crippen molar-refractivity contribution in [2.45, 2.75) is 6.42 Å². The number of anilines is 3. The molecule has 3 heterocycles. The molecule has 156 valence electrons. The van der Waals surface area contributed by atoms with Crippen LogP contribution in [0.1, 0.15) is 11.4 Å². The molecule has 0 radical (unpaired) electrons. The first-order chi connectivity index (χ1) is 14.9. The maximum Gasteiger partial charge on any atom is 0.266 e. The first-order valence-electron chi connectivity index (χ1n) is 8.86. The number of nitrogen functional groups attached to an aromatic ring is 2. The fourth-order valence-electron chi connectivity index (χ4n) is 3.09. The van der Waals surface area contributed by atoms with Crippen LogP contribution in [0.2, 0.25) is 5.02 Å². The minimum atomic E-state index is -0.646. The van der Waals surface area contributed by atoms with Gasteiger partial charge in [-0.1, -0.05) is 11.6 Å². The number of aromatic amines is 1. The summed E-state index contributed by atoms with van der Waals surface area (Å²) < 4.78 is 15.1. The van der Waals surface area contributed by atoms with Crippen molar-refractivity contribution in [1.82, 2.24) is 29.7 Å². The number of rotatable bonds is 5. The Hall–Kier alpha value is -4.24. The maximum absolute atomic E-state index is 13.8. The molecule has 0 saturated carbocycles. The summed E-state index contributed by atoms with van der Waals surface area (Å²) >= 11 is 6.12. The number of halogens is 2. The van der Waals surface area contributed by atoms with E-state index in [0.29, 0.717) is 11.5 Å². The second-order valence-corrected chi connectivity index (χ2v) is 6.80. The molecule has 31 heavy (non-hydrogen) atoms. The molecule has 0 fully saturated rings. The van der Waals surface area contributed by atoms with Crippen molar-refractivity contribution < 1.29 is 4.39 Å². The summed E-state index contributed by atoms with van der Waals surface area (Å²) in [5.41, 5.74) is 11.4. The zero-order valence-corrected chi connectivity index (χ0v) is 16.5. The van der Waals surface area contributed by atoms with Crippen LogP contribution >= 0.6 is 11.6 Å². The number of aromatic nitrogens is 6. The van der Waals surface area contributed by atoms with E-state index in [0.717, 1.165) is 12.1 Å². The molecule has 0 spiro atoms. The minimum absolute atomic E-state index is 0.0174. The van der Waals surface area contributed by atoms with Crippen molar-refractivity contribution in [2.24, 2.45) is 0 Å². The predicted molar refractivity (Wildman–Crippen MR) is 112 cm³/mol. The summed E-state index contributed by atoms with van der Waals surface area (Å²) in [6, 6.07) is 4.09. The molecule has 4 rings (SSSR count). The average molecular weight is 441 g/mol. The average Bonchev–Trinajstić information content (AvgIpc) is 3.23. The largest absolute Gasteiger partial charge is 0.382 e. The summed E-state index contributed by atoms with van der Waals surface area (Å²) in [4.78, 5) is 25.3.